The summed E-state index contributed by atoms with van der Waals surface area (Å²) in [5.41, 5.74) is 1.88. The molecule has 1 heterocycles. The van der Waals surface area contributed by atoms with Crippen LogP contribution in [0.25, 0.3) is 0 Å². The van der Waals surface area contributed by atoms with Gasteiger partial charge in [-0.2, -0.15) is 0 Å². The summed E-state index contributed by atoms with van der Waals surface area (Å²) in [5.74, 6) is 1.54. The Balaban J connectivity index is 1.35. The third kappa shape index (κ3) is 8.49. The van der Waals surface area contributed by atoms with Gasteiger partial charge in [0.2, 0.25) is 5.91 Å². The molecule has 1 saturated carbocycles. The van der Waals surface area contributed by atoms with E-state index in [2.05, 4.69) is 23.9 Å². The summed E-state index contributed by atoms with van der Waals surface area (Å²) in [7, 11) is 8.45. The number of methoxy groups -OCH3 is 1. The van der Waals surface area contributed by atoms with Crippen LogP contribution in [0.5, 0.6) is 5.75 Å². The van der Waals surface area contributed by atoms with Crippen LogP contribution in [0.1, 0.15) is 49.7 Å². The quantitative estimate of drug-likeness (QED) is 0.372. The van der Waals surface area contributed by atoms with Crippen LogP contribution in [0.15, 0.2) is 17.0 Å². The Kier molecular flexibility index (Phi) is 12.0. The average Bonchev–Trinajstić information content (AvgIpc) is 2.90. The minimum absolute atomic E-state index is 0.0314. The van der Waals surface area contributed by atoms with Gasteiger partial charge in [0.25, 0.3) is 0 Å². The summed E-state index contributed by atoms with van der Waals surface area (Å²) in [4.78, 5) is 20.5. The van der Waals surface area contributed by atoms with Gasteiger partial charge in [-0.05, 0) is 102 Å². The smallest absolute Gasteiger partial charge is 0.248 e. The summed E-state index contributed by atoms with van der Waals surface area (Å²) in [6.45, 7) is 8.40. The van der Waals surface area contributed by atoms with Gasteiger partial charge in [0.15, 0.2) is 0 Å². The summed E-state index contributed by atoms with van der Waals surface area (Å²) < 4.78 is 25.9. The molecule has 2 aliphatic rings. The number of ether oxygens (including phenoxy) is 2. The van der Waals surface area contributed by atoms with E-state index in [-0.39, 0.29) is 12.5 Å². The van der Waals surface area contributed by atoms with E-state index in [1.807, 2.05) is 45.0 Å². The predicted octanol–water partition coefficient (Wildman–Crippen LogP) is 3.33. The molecule has 1 aromatic rings. The lowest BCUT2D eigenvalue weighted by Gasteiger charge is -2.40. The molecule has 0 spiro atoms. The molecule has 1 aliphatic heterocycles. The van der Waals surface area contributed by atoms with Crippen molar-refractivity contribution < 1.29 is 18.5 Å². The zero-order chi connectivity index (χ0) is 27.8. The maximum atomic E-state index is 13.1. The number of rotatable bonds is 12. The fourth-order valence-corrected chi connectivity index (χ4v) is 7.12. The second-order valence-corrected chi connectivity index (χ2v) is 13.0. The second-order valence-electron chi connectivity index (χ2n) is 11.4. The van der Waals surface area contributed by atoms with Gasteiger partial charge in [-0.15, -0.1) is 0 Å². The minimum Gasteiger partial charge on any atom is -0.497 e. The van der Waals surface area contributed by atoms with Crippen molar-refractivity contribution in [1.82, 2.24) is 19.0 Å². The SMILES string of the molecule is COc1cc(C)c(S(=O)N(C)CCOCC(=O)N(C)C2CCC(CN3CCC[C@@H](N(C)C)C3)CC2)c(C)c1. The number of hydrogen-bond acceptors (Lipinski definition) is 6. The molecule has 1 aliphatic carbocycles. The lowest BCUT2D eigenvalue weighted by Crippen LogP contribution is -2.47. The number of carbonyl (C=O) groups excluding carboxylic acids is 1. The first-order valence-corrected chi connectivity index (χ1v) is 15.2. The van der Waals surface area contributed by atoms with E-state index in [0.29, 0.717) is 25.2 Å². The average molecular weight is 551 g/mol. The monoisotopic (exact) mass is 550 g/mol. The van der Waals surface area contributed by atoms with Crippen molar-refractivity contribution in [2.24, 2.45) is 5.92 Å². The Bertz CT molecular complexity index is 912. The number of aryl methyl sites for hydroxylation is 2. The number of benzene rings is 1. The van der Waals surface area contributed by atoms with Crippen LogP contribution in [0.3, 0.4) is 0 Å². The van der Waals surface area contributed by atoms with E-state index < -0.39 is 11.0 Å². The van der Waals surface area contributed by atoms with E-state index in [9.17, 15) is 9.00 Å². The van der Waals surface area contributed by atoms with E-state index in [1.165, 1.54) is 45.3 Å². The van der Waals surface area contributed by atoms with Crippen LogP contribution >= 0.6 is 0 Å². The maximum absolute atomic E-state index is 13.1. The van der Waals surface area contributed by atoms with Crippen LogP contribution in [-0.2, 0) is 20.5 Å². The summed E-state index contributed by atoms with van der Waals surface area (Å²) in [5, 5.41) is 0. The minimum atomic E-state index is -1.30. The van der Waals surface area contributed by atoms with Crippen LogP contribution in [0, 0.1) is 19.8 Å². The van der Waals surface area contributed by atoms with Gasteiger partial charge in [0.05, 0.1) is 18.6 Å². The molecule has 0 N–H and O–H groups in total. The number of carbonyl (C=O) groups is 1. The van der Waals surface area contributed by atoms with Crippen molar-refractivity contribution in [1.29, 1.82) is 0 Å². The van der Waals surface area contributed by atoms with Gasteiger partial charge in [-0.1, -0.05) is 0 Å². The van der Waals surface area contributed by atoms with Gasteiger partial charge in [-0.3, -0.25) is 4.79 Å². The van der Waals surface area contributed by atoms with Crippen molar-refractivity contribution in [3.05, 3.63) is 23.3 Å². The first-order valence-electron chi connectivity index (χ1n) is 14.1. The van der Waals surface area contributed by atoms with Crippen molar-refractivity contribution in [3.63, 3.8) is 0 Å². The largest absolute Gasteiger partial charge is 0.497 e. The Labute approximate surface area is 233 Å². The number of hydrogen-bond donors (Lipinski definition) is 0. The lowest BCUT2D eigenvalue weighted by molar-refractivity contribution is -0.137. The predicted molar refractivity (Wildman–Crippen MR) is 154 cm³/mol. The maximum Gasteiger partial charge on any atom is 0.248 e. The van der Waals surface area contributed by atoms with Crippen LogP contribution in [-0.4, -0.2) is 116 Å². The summed E-state index contributed by atoms with van der Waals surface area (Å²) >= 11 is 0. The van der Waals surface area contributed by atoms with E-state index in [0.717, 1.165) is 40.5 Å². The second kappa shape index (κ2) is 14.7. The lowest BCUT2D eigenvalue weighted by atomic mass is 9.84. The van der Waals surface area contributed by atoms with Gasteiger partial charge in [0.1, 0.15) is 23.3 Å². The van der Waals surface area contributed by atoms with Crippen LogP contribution in [0.4, 0.5) is 0 Å². The van der Waals surface area contributed by atoms with Crippen LogP contribution < -0.4 is 4.74 Å². The third-order valence-corrected chi connectivity index (χ3v) is 10.1. The molecule has 216 valence electrons. The molecule has 1 saturated heterocycles. The van der Waals surface area contributed by atoms with E-state index in [4.69, 9.17) is 9.47 Å². The van der Waals surface area contributed by atoms with Gasteiger partial charge in [0, 0.05) is 45.8 Å². The summed E-state index contributed by atoms with van der Waals surface area (Å²) in [6.07, 6.45) is 7.11. The molecule has 1 unspecified atom stereocenters. The molecule has 2 fully saturated rings. The standard InChI is InChI=1S/C29H50N4O4S/c1-22-17-27(36-7)18-23(2)29(22)38(35)31(5)15-16-37-21-28(34)32(6)25-12-10-24(11-13-25)19-33-14-8-9-26(20-33)30(3)4/h17-18,24-26H,8-16,19-21H2,1-7H3/t24?,25?,26-,38?/m1/s1. The molecule has 1 aromatic carbocycles. The number of likely N-dealkylation sites (tertiary alicyclic amines) is 1. The molecule has 2 atom stereocenters. The Morgan fingerprint density at radius 1 is 1.03 bits per heavy atom. The normalized spacial score (nSPS) is 23.6. The first-order chi connectivity index (χ1) is 18.1. The molecule has 1 amide bonds. The zero-order valence-corrected chi connectivity index (χ0v) is 25.5. The highest BCUT2D eigenvalue weighted by Gasteiger charge is 2.29. The summed E-state index contributed by atoms with van der Waals surface area (Å²) in [6, 6.07) is 4.79. The number of likely N-dealkylation sites (N-methyl/N-ethyl adjacent to an activating group) is 3. The highest BCUT2D eigenvalue weighted by atomic mass is 32.2. The fourth-order valence-electron chi connectivity index (χ4n) is 5.90. The molecule has 9 heteroatoms. The van der Waals surface area contributed by atoms with Gasteiger partial charge in [-0.25, -0.2) is 8.51 Å². The van der Waals surface area contributed by atoms with Gasteiger partial charge < -0.3 is 24.2 Å². The van der Waals surface area contributed by atoms with Crippen molar-refractivity contribution >= 4 is 16.9 Å². The molecule has 0 radical (unpaired) electrons. The van der Waals surface area contributed by atoms with E-state index >= 15 is 0 Å². The fraction of sp³-hybridized carbons (Fsp3) is 0.759. The Morgan fingerprint density at radius 2 is 1.68 bits per heavy atom. The number of piperidine rings is 1. The Hall–Kier alpha value is -1.52. The Morgan fingerprint density at radius 3 is 2.29 bits per heavy atom. The van der Waals surface area contributed by atoms with Crippen molar-refractivity contribution in [2.75, 3.05) is 74.7 Å². The molecule has 3 rings (SSSR count). The first kappa shape index (κ1) is 31.0. The van der Waals surface area contributed by atoms with E-state index in [1.54, 1.807) is 11.4 Å². The van der Waals surface area contributed by atoms with Crippen LogP contribution in [0.2, 0.25) is 0 Å². The highest BCUT2D eigenvalue weighted by Crippen LogP contribution is 2.29. The molecular formula is C29H50N4O4S. The zero-order valence-electron chi connectivity index (χ0n) is 24.7. The molecular weight excluding hydrogens is 500 g/mol. The number of nitrogens with zero attached hydrogens (tertiary/aromatic N) is 4. The number of amides is 1. The molecule has 38 heavy (non-hydrogen) atoms. The third-order valence-electron chi connectivity index (χ3n) is 8.39. The van der Waals surface area contributed by atoms with Crippen molar-refractivity contribution in [2.45, 2.75) is 69.4 Å². The highest BCUT2D eigenvalue weighted by molar-refractivity contribution is 7.82. The van der Waals surface area contributed by atoms with Crippen molar-refractivity contribution in [3.8, 4) is 5.75 Å². The molecule has 8 nitrogen and oxygen atoms in total. The molecule has 0 aromatic heterocycles. The molecule has 0 bridgehead atoms. The topological polar surface area (TPSA) is 65.6 Å². The van der Waals surface area contributed by atoms with Gasteiger partial charge >= 0.3 is 0 Å².